The Morgan fingerprint density at radius 1 is 1.10 bits per heavy atom. The van der Waals surface area contributed by atoms with E-state index in [4.69, 9.17) is 5.73 Å². The van der Waals surface area contributed by atoms with Crippen LogP contribution in [-0.4, -0.2) is 29.9 Å². The molecule has 7 nitrogen and oxygen atoms in total. The van der Waals surface area contributed by atoms with E-state index in [-0.39, 0.29) is 6.54 Å². The normalized spacial score (nSPS) is 10.6. The van der Waals surface area contributed by atoms with E-state index in [1.54, 1.807) is 24.3 Å². The minimum atomic E-state index is -0.543. The van der Waals surface area contributed by atoms with Crippen molar-refractivity contribution in [2.45, 2.75) is 26.3 Å². The molecule has 0 radical (unpaired) electrons. The van der Waals surface area contributed by atoms with Gasteiger partial charge in [-0.05, 0) is 45.0 Å². The lowest BCUT2D eigenvalue weighted by molar-refractivity contribution is -0.118. The predicted molar refractivity (Wildman–Crippen MR) is 79.9 cm³/mol. The number of amides is 4. The number of hydrogen-bond acceptors (Lipinski definition) is 4. The van der Waals surface area contributed by atoms with E-state index >= 15 is 0 Å². The zero-order valence-corrected chi connectivity index (χ0v) is 12.3. The summed E-state index contributed by atoms with van der Waals surface area (Å²) in [6, 6.07) is 5.81. The smallest absolute Gasteiger partial charge is 0.321 e. The Hall–Kier alpha value is -2.57. The van der Waals surface area contributed by atoms with Gasteiger partial charge in [0, 0.05) is 16.8 Å². The molecule has 114 valence electrons. The van der Waals surface area contributed by atoms with Crippen LogP contribution in [0.4, 0.5) is 10.5 Å². The highest BCUT2D eigenvalue weighted by molar-refractivity contribution is 5.96. The van der Waals surface area contributed by atoms with E-state index in [2.05, 4.69) is 16.0 Å². The molecule has 0 unspecified atom stereocenters. The van der Waals surface area contributed by atoms with Crippen molar-refractivity contribution in [1.29, 1.82) is 0 Å². The molecule has 1 rings (SSSR count). The molecule has 0 saturated heterocycles. The molecule has 7 heteroatoms. The molecule has 0 aliphatic carbocycles. The standard InChI is InChI=1S/C14H20N4O3/c1-14(2,3)18-13(21)17-11(19)8-16-10-6-4-9(5-7-10)12(15)20/h4-7,16H,8H2,1-3H3,(H2,15,20)(H2,17,18,19,21). The first kappa shape index (κ1) is 16.5. The average molecular weight is 292 g/mol. The summed E-state index contributed by atoms with van der Waals surface area (Å²) in [5.41, 5.74) is 5.74. The van der Waals surface area contributed by atoms with Gasteiger partial charge in [0.2, 0.25) is 11.8 Å². The molecule has 0 aliphatic heterocycles. The zero-order valence-electron chi connectivity index (χ0n) is 12.3. The van der Waals surface area contributed by atoms with Gasteiger partial charge in [-0.15, -0.1) is 0 Å². The third kappa shape index (κ3) is 6.42. The summed E-state index contributed by atoms with van der Waals surface area (Å²) in [5.74, 6) is -0.978. The summed E-state index contributed by atoms with van der Waals surface area (Å²) in [6.45, 7) is 5.38. The Morgan fingerprint density at radius 2 is 1.67 bits per heavy atom. The molecule has 0 spiro atoms. The van der Waals surface area contributed by atoms with Gasteiger partial charge < -0.3 is 16.4 Å². The fourth-order valence-corrected chi connectivity index (χ4v) is 1.48. The second-order valence-electron chi connectivity index (χ2n) is 5.55. The molecule has 5 N–H and O–H groups in total. The van der Waals surface area contributed by atoms with Crippen LogP contribution < -0.4 is 21.7 Å². The third-order valence-corrected chi connectivity index (χ3v) is 2.36. The van der Waals surface area contributed by atoms with Gasteiger partial charge in [-0.3, -0.25) is 14.9 Å². The molecule has 1 aromatic carbocycles. The van der Waals surface area contributed by atoms with Crippen molar-refractivity contribution < 1.29 is 14.4 Å². The number of carbonyl (C=O) groups excluding carboxylic acids is 3. The number of primary amides is 1. The molecule has 0 aromatic heterocycles. The highest BCUT2D eigenvalue weighted by Gasteiger charge is 2.15. The summed E-state index contributed by atoms with van der Waals surface area (Å²) in [6.07, 6.45) is 0. The first-order valence-electron chi connectivity index (χ1n) is 6.43. The summed E-state index contributed by atoms with van der Waals surface area (Å²) >= 11 is 0. The molecule has 0 bridgehead atoms. The number of anilines is 1. The largest absolute Gasteiger partial charge is 0.376 e. The lowest BCUT2D eigenvalue weighted by atomic mass is 10.1. The van der Waals surface area contributed by atoms with E-state index < -0.39 is 23.4 Å². The average Bonchev–Trinajstić information content (AvgIpc) is 2.34. The maximum atomic E-state index is 11.6. The Bertz CT molecular complexity index is 532. The number of imide groups is 1. The Labute approximate surface area is 123 Å². The second-order valence-corrected chi connectivity index (χ2v) is 5.55. The number of urea groups is 1. The van der Waals surface area contributed by atoms with Gasteiger partial charge in [-0.1, -0.05) is 0 Å². The van der Waals surface area contributed by atoms with Gasteiger partial charge in [0.05, 0.1) is 6.54 Å². The van der Waals surface area contributed by atoms with Gasteiger partial charge in [0.15, 0.2) is 0 Å². The molecule has 4 amide bonds. The van der Waals surface area contributed by atoms with Crippen molar-refractivity contribution in [3.63, 3.8) is 0 Å². The fourth-order valence-electron chi connectivity index (χ4n) is 1.48. The quantitative estimate of drug-likeness (QED) is 0.658. The second kappa shape index (κ2) is 6.74. The van der Waals surface area contributed by atoms with Crippen LogP contribution in [0.5, 0.6) is 0 Å². The molecule has 21 heavy (non-hydrogen) atoms. The maximum Gasteiger partial charge on any atom is 0.321 e. The monoisotopic (exact) mass is 292 g/mol. The van der Waals surface area contributed by atoms with E-state index in [1.807, 2.05) is 20.8 Å². The van der Waals surface area contributed by atoms with Crippen LogP contribution in [0.15, 0.2) is 24.3 Å². The van der Waals surface area contributed by atoms with E-state index in [0.29, 0.717) is 11.3 Å². The number of nitrogens with one attached hydrogen (secondary N) is 3. The number of nitrogens with two attached hydrogens (primary N) is 1. The van der Waals surface area contributed by atoms with E-state index in [1.165, 1.54) is 0 Å². The molecule has 1 aromatic rings. The van der Waals surface area contributed by atoms with Crippen molar-refractivity contribution in [2.24, 2.45) is 5.73 Å². The number of carbonyl (C=O) groups is 3. The van der Waals surface area contributed by atoms with Crippen LogP contribution >= 0.6 is 0 Å². The lowest BCUT2D eigenvalue weighted by Crippen LogP contribution is -2.49. The fraction of sp³-hybridized carbons (Fsp3) is 0.357. The van der Waals surface area contributed by atoms with Crippen LogP contribution in [0.25, 0.3) is 0 Å². The number of hydrogen-bond donors (Lipinski definition) is 4. The Morgan fingerprint density at radius 3 is 2.14 bits per heavy atom. The highest BCUT2D eigenvalue weighted by Crippen LogP contribution is 2.08. The zero-order chi connectivity index (χ0) is 16.0. The van der Waals surface area contributed by atoms with Gasteiger partial charge in [0.1, 0.15) is 0 Å². The Balaban J connectivity index is 2.42. The van der Waals surface area contributed by atoms with Gasteiger partial charge in [-0.25, -0.2) is 4.79 Å². The Kier molecular flexibility index (Phi) is 5.29. The first-order chi connectivity index (χ1) is 9.67. The summed E-state index contributed by atoms with van der Waals surface area (Å²) in [7, 11) is 0. The summed E-state index contributed by atoms with van der Waals surface area (Å²) < 4.78 is 0. The van der Waals surface area contributed by atoms with Crippen molar-refractivity contribution in [2.75, 3.05) is 11.9 Å². The SMILES string of the molecule is CC(C)(C)NC(=O)NC(=O)CNc1ccc(C(N)=O)cc1. The van der Waals surface area contributed by atoms with Crippen LogP contribution in [0.3, 0.4) is 0 Å². The minimum absolute atomic E-state index is 0.0620. The first-order valence-corrected chi connectivity index (χ1v) is 6.43. The van der Waals surface area contributed by atoms with Crippen molar-refractivity contribution in [3.05, 3.63) is 29.8 Å². The summed E-state index contributed by atoms with van der Waals surface area (Å²) in [4.78, 5) is 34.0. The molecule has 0 heterocycles. The van der Waals surface area contributed by atoms with Crippen molar-refractivity contribution in [3.8, 4) is 0 Å². The van der Waals surface area contributed by atoms with Crippen LogP contribution in [-0.2, 0) is 4.79 Å². The molecular weight excluding hydrogens is 272 g/mol. The van der Waals surface area contributed by atoms with Gasteiger partial charge in [-0.2, -0.15) is 0 Å². The molecule has 0 aliphatic rings. The van der Waals surface area contributed by atoms with Crippen LogP contribution in [0.1, 0.15) is 31.1 Å². The van der Waals surface area contributed by atoms with Gasteiger partial charge in [0.25, 0.3) is 0 Å². The number of rotatable bonds is 4. The van der Waals surface area contributed by atoms with E-state index in [9.17, 15) is 14.4 Å². The molecule has 0 atom stereocenters. The van der Waals surface area contributed by atoms with Crippen molar-refractivity contribution >= 4 is 23.5 Å². The summed E-state index contributed by atoms with van der Waals surface area (Å²) in [5, 5.41) is 7.66. The molecule has 0 fully saturated rings. The molecular formula is C14H20N4O3. The lowest BCUT2D eigenvalue weighted by Gasteiger charge is -2.20. The predicted octanol–water partition coefficient (Wildman–Crippen LogP) is 0.822. The topological polar surface area (TPSA) is 113 Å². The van der Waals surface area contributed by atoms with Crippen molar-refractivity contribution in [1.82, 2.24) is 10.6 Å². The third-order valence-electron chi connectivity index (χ3n) is 2.36. The maximum absolute atomic E-state index is 11.6. The van der Waals surface area contributed by atoms with Crippen LogP contribution in [0.2, 0.25) is 0 Å². The van der Waals surface area contributed by atoms with Gasteiger partial charge >= 0.3 is 6.03 Å². The van der Waals surface area contributed by atoms with Crippen LogP contribution in [0, 0.1) is 0 Å². The van der Waals surface area contributed by atoms with E-state index in [0.717, 1.165) is 0 Å². The molecule has 0 saturated carbocycles. The highest BCUT2D eigenvalue weighted by atomic mass is 16.2. The minimum Gasteiger partial charge on any atom is -0.376 e. The number of benzene rings is 1.